The van der Waals surface area contributed by atoms with Crippen molar-refractivity contribution in [3.8, 4) is 0 Å². The van der Waals surface area contributed by atoms with Gasteiger partial charge >= 0.3 is 0 Å². The Balaban J connectivity index is 1.97. The molecular formula is C14H12N2O4S3. The highest BCUT2D eigenvalue weighted by Crippen LogP contribution is 2.33. The Morgan fingerprint density at radius 1 is 1.35 bits per heavy atom. The topological polar surface area (TPSA) is 80.0 Å². The van der Waals surface area contributed by atoms with Gasteiger partial charge in [0.15, 0.2) is 5.17 Å². The highest BCUT2D eigenvalue weighted by molar-refractivity contribution is 8.19. The molecule has 1 saturated heterocycles. The van der Waals surface area contributed by atoms with Gasteiger partial charge in [0.25, 0.3) is 15.9 Å². The number of thiophene rings is 1. The number of nitrogens with zero attached hydrogens (tertiary/aromatic N) is 2. The van der Waals surface area contributed by atoms with Gasteiger partial charge in [0, 0.05) is 12.6 Å². The lowest BCUT2D eigenvalue weighted by molar-refractivity contribution is -0.122. The Hall–Kier alpha value is -1.84. The van der Waals surface area contributed by atoms with E-state index in [1.54, 1.807) is 36.6 Å². The van der Waals surface area contributed by atoms with Gasteiger partial charge in [0.2, 0.25) is 0 Å². The summed E-state index contributed by atoms with van der Waals surface area (Å²) in [5.41, 5.74) is 0. The summed E-state index contributed by atoms with van der Waals surface area (Å²) in [4.78, 5) is 14.1. The van der Waals surface area contributed by atoms with Crippen LogP contribution in [-0.4, -0.2) is 30.9 Å². The first-order valence-electron chi connectivity index (χ1n) is 6.64. The van der Waals surface area contributed by atoms with E-state index in [2.05, 4.69) is 4.40 Å². The number of sulfonamides is 1. The third kappa shape index (κ3) is 3.26. The molecule has 0 spiro atoms. The van der Waals surface area contributed by atoms with E-state index in [-0.39, 0.29) is 15.3 Å². The van der Waals surface area contributed by atoms with Crippen molar-refractivity contribution in [1.82, 2.24) is 4.90 Å². The molecule has 1 aliphatic heterocycles. The van der Waals surface area contributed by atoms with Gasteiger partial charge in [-0.25, -0.2) is 0 Å². The maximum atomic E-state index is 12.4. The molecule has 3 rings (SSSR count). The van der Waals surface area contributed by atoms with Crippen LogP contribution in [0.25, 0.3) is 6.08 Å². The van der Waals surface area contributed by atoms with Gasteiger partial charge in [-0.3, -0.25) is 9.69 Å². The maximum Gasteiger partial charge on any atom is 0.294 e. The molecule has 2 aromatic rings. The first-order chi connectivity index (χ1) is 11.0. The largest absolute Gasteiger partial charge is 0.465 e. The molecule has 1 fully saturated rings. The summed E-state index contributed by atoms with van der Waals surface area (Å²) in [5.74, 6) is 0.244. The minimum Gasteiger partial charge on any atom is -0.465 e. The third-order valence-electron chi connectivity index (χ3n) is 2.97. The van der Waals surface area contributed by atoms with Crippen LogP contribution in [0.15, 0.2) is 53.8 Å². The van der Waals surface area contributed by atoms with Crippen molar-refractivity contribution in [3.63, 3.8) is 0 Å². The second kappa shape index (κ2) is 6.34. The first-order valence-corrected chi connectivity index (χ1v) is 9.78. The summed E-state index contributed by atoms with van der Waals surface area (Å²) < 4.78 is 33.7. The molecule has 23 heavy (non-hydrogen) atoms. The number of thioether (sulfide) groups is 1. The van der Waals surface area contributed by atoms with Crippen LogP contribution in [0.4, 0.5) is 0 Å². The molecule has 0 unspecified atom stereocenters. The highest BCUT2D eigenvalue weighted by atomic mass is 32.2. The lowest BCUT2D eigenvalue weighted by atomic mass is 10.3. The smallest absolute Gasteiger partial charge is 0.294 e. The summed E-state index contributed by atoms with van der Waals surface area (Å²) in [5, 5.41) is 1.82. The molecule has 0 aliphatic carbocycles. The molecule has 120 valence electrons. The first kappa shape index (κ1) is 16.0. The normalized spacial score (nSPS) is 19.2. The standard InChI is InChI=1S/C14H12N2O4S3/c1-2-16-13(17)11(9-10-5-3-7-20-10)22-14(16)15-23(18,19)12-6-4-8-21-12/h3-9H,2H2,1H3/b11-9+,15-14?. The summed E-state index contributed by atoms with van der Waals surface area (Å²) in [6.45, 7) is 2.10. The van der Waals surface area contributed by atoms with Crippen molar-refractivity contribution in [2.24, 2.45) is 4.40 Å². The van der Waals surface area contributed by atoms with E-state index in [1.165, 1.54) is 17.2 Å². The highest BCUT2D eigenvalue weighted by Gasteiger charge is 2.34. The summed E-state index contributed by atoms with van der Waals surface area (Å²) in [7, 11) is -3.81. The van der Waals surface area contributed by atoms with Gasteiger partial charge in [0.1, 0.15) is 9.97 Å². The van der Waals surface area contributed by atoms with Crippen molar-refractivity contribution in [2.45, 2.75) is 11.1 Å². The number of amides is 1. The zero-order valence-corrected chi connectivity index (χ0v) is 14.5. The summed E-state index contributed by atoms with van der Waals surface area (Å²) >= 11 is 2.12. The van der Waals surface area contributed by atoms with Gasteiger partial charge in [-0.1, -0.05) is 6.07 Å². The van der Waals surface area contributed by atoms with E-state index in [0.717, 1.165) is 23.1 Å². The predicted molar refractivity (Wildman–Crippen MR) is 90.6 cm³/mol. The minimum absolute atomic E-state index is 0.151. The fraction of sp³-hybridized carbons (Fsp3) is 0.143. The minimum atomic E-state index is -3.81. The number of carbonyl (C=O) groups excluding carboxylic acids is 1. The van der Waals surface area contributed by atoms with Crippen molar-refractivity contribution < 1.29 is 17.6 Å². The molecule has 1 aliphatic rings. The molecule has 0 atom stereocenters. The van der Waals surface area contributed by atoms with E-state index in [4.69, 9.17) is 4.42 Å². The molecule has 0 radical (unpaired) electrons. The van der Waals surface area contributed by atoms with Crippen LogP contribution in [-0.2, 0) is 14.8 Å². The number of hydrogen-bond acceptors (Lipinski definition) is 6. The van der Waals surface area contributed by atoms with Crippen molar-refractivity contribution >= 4 is 50.3 Å². The molecule has 3 heterocycles. The molecule has 9 heteroatoms. The Bertz CT molecular complexity index is 865. The van der Waals surface area contributed by atoms with Gasteiger partial charge in [-0.2, -0.15) is 8.42 Å². The number of hydrogen-bond donors (Lipinski definition) is 0. The second-order valence-electron chi connectivity index (χ2n) is 4.46. The van der Waals surface area contributed by atoms with E-state index in [1.807, 2.05) is 0 Å². The van der Waals surface area contributed by atoms with Gasteiger partial charge in [-0.05, 0) is 42.3 Å². The van der Waals surface area contributed by atoms with Crippen LogP contribution in [0.5, 0.6) is 0 Å². The van der Waals surface area contributed by atoms with Gasteiger partial charge in [0.05, 0.1) is 11.2 Å². The number of rotatable bonds is 4. The predicted octanol–water partition coefficient (Wildman–Crippen LogP) is 3.02. The monoisotopic (exact) mass is 368 g/mol. The van der Waals surface area contributed by atoms with E-state index in [9.17, 15) is 13.2 Å². The maximum absolute atomic E-state index is 12.4. The Morgan fingerprint density at radius 2 is 2.17 bits per heavy atom. The van der Waals surface area contributed by atoms with Crippen LogP contribution < -0.4 is 0 Å². The fourth-order valence-corrected chi connectivity index (χ4v) is 5.11. The molecule has 0 saturated carbocycles. The van der Waals surface area contributed by atoms with E-state index >= 15 is 0 Å². The Kier molecular flexibility index (Phi) is 4.42. The molecule has 1 amide bonds. The molecule has 0 aromatic carbocycles. The van der Waals surface area contributed by atoms with Crippen LogP contribution in [0.3, 0.4) is 0 Å². The Morgan fingerprint density at radius 3 is 2.78 bits per heavy atom. The van der Waals surface area contributed by atoms with Crippen LogP contribution in [0.1, 0.15) is 12.7 Å². The van der Waals surface area contributed by atoms with Gasteiger partial charge in [-0.15, -0.1) is 15.7 Å². The fourth-order valence-electron chi connectivity index (χ4n) is 1.92. The molecular weight excluding hydrogens is 356 g/mol. The number of likely N-dealkylation sites (N-methyl/N-ethyl adjacent to an activating group) is 1. The van der Waals surface area contributed by atoms with Gasteiger partial charge < -0.3 is 4.42 Å². The number of carbonyl (C=O) groups is 1. The molecule has 2 aromatic heterocycles. The molecule has 0 bridgehead atoms. The zero-order chi connectivity index (χ0) is 16.4. The van der Waals surface area contributed by atoms with Crippen molar-refractivity contribution in [3.05, 3.63) is 46.6 Å². The number of amidine groups is 1. The van der Waals surface area contributed by atoms with E-state index < -0.39 is 10.0 Å². The van der Waals surface area contributed by atoms with Crippen LogP contribution in [0.2, 0.25) is 0 Å². The lowest BCUT2D eigenvalue weighted by Gasteiger charge is -2.11. The van der Waals surface area contributed by atoms with E-state index in [0.29, 0.717) is 17.2 Å². The summed E-state index contributed by atoms with van der Waals surface area (Å²) in [6.07, 6.45) is 3.08. The lowest BCUT2D eigenvalue weighted by Crippen LogP contribution is -2.29. The molecule has 6 nitrogen and oxygen atoms in total. The zero-order valence-electron chi connectivity index (χ0n) is 12.0. The summed E-state index contributed by atoms with van der Waals surface area (Å²) in [6, 6.07) is 6.56. The average molecular weight is 368 g/mol. The van der Waals surface area contributed by atoms with Crippen LogP contribution in [0, 0.1) is 0 Å². The Labute approximate surface area is 141 Å². The average Bonchev–Trinajstić information content (AvgIpc) is 3.23. The molecule has 0 N–H and O–H groups in total. The number of furan rings is 1. The quantitative estimate of drug-likeness (QED) is 0.775. The van der Waals surface area contributed by atoms with Crippen LogP contribution >= 0.6 is 23.1 Å². The second-order valence-corrected chi connectivity index (χ2v) is 8.24. The SMILES string of the molecule is CCN1C(=O)/C(=C\c2ccco2)SC1=NS(=O)(=O)c1cccs1. The van der Waals surface area contributed by atoms with Crippen molar-refractivity contribution in [1.29, 1.82) is 0 Å². The van der Waals surface area contributed by atoms with Crippen molar-refractivity contribution in [2.75, 3.05) is 6.54 Å². The third-order valence-corrected chi connectivity index (χ3v) is 6.73.